The molecule has 3 aliphatic rings. The van der Waals surface area contributed by atoms with E-state index in [0.717, 1.165) is 22.3 Å². The summed E-state index contributed by atoms with van der Waals surface area (Å²) in [6, 6.07) is 11.3. The summed E-state index contributed by atoms with van der Waals surface area (Å²) in [5.74, 6) is 1.28. The summed E-state index contributed by atoms with van der Waals surface area (Å²) < 4.78 is 62.6. The number of anilines is 1. The highest BCUT2D eigenvalue weighted by Gasteiger charge is 2.38. The van der Waals surface area contributed by atoms with Crippen molar-refractivity contribution in [1.82, 2.24) is 19.5 Å². The van der Waals surface area contributed by atoms with Crippen LogP contribution in [-0.4, -0.2) is 32.2 Å². The first-order valence-corrected chi connectivity index (χ1v) is 16.1. The van der Waals surface area contributed by atoms with Gasteiger partial charge in [0, 0.05) is 11.1 Å². The molecular weight excluding hydrogens is 572 g/mol. The van der Waals surface area contributed by atoms with Crippen LogP contribution in [0.5, 0.6) is 11.5 Å². The molecule has 2 aromatic carbocycles. The molecule has 4 atom stereocenters. The number of benzene rings is 2. The third kappa shape index (κ3) is 5.03. The number of aryl methyl sites for hydroxylation is 2. The number of hydrogen-bond acceptors (Lipinski definition) is 11. The van der Waals surface area contributed by atoms with Crippen molar-refractivity contribution in [3.63, 3.8) is 0 Å². The molecule has 15 heteroatoms. The van der Waals surface area contributed by atoms with E-state index in [2.05, 4.69) is 20.0 Å². The van der Waals surface area contributed by atoms with E-state index in [4.69, 9.17) is 27.4 Å². The molecule has 13 nitrogen and oxygen atoms in total. The van der Waals surface area contributed by atoms with E-state index >= 15 is 0 Å². The van der Waals surface area contributed by atoms with Gasteiger partial charge < -0.3 is 13.8 Å². The number of rotatable bonds is 6. The van der Waals surface area contributed by atoms with Crippen LogP contribution in [0.4, 0.5) is 5.82 Å². The molecule has 41 heavy (non-hydrogen) atoms. The van der Waals surface area contributed by atoms with Crippen LogP contribution in [0.3, 0.4) is 0 Å². The highest BCUT2D eigenvalue weighted by Crippen LogP contribution is 2.56. The molecule has 1 N–H and O–H groups in total. The first kappa shape index (κ1) is 26.6. The predicted octanol–water partition coefficient (Wildman–Crippen LogP) is 5.98. The van der Waals surface area contributed by atoms with Crippen LogP contribution in [0.25, 0.3) is 11.2 Å². The SMILES string of the molecule is Cc1cccc2c1OP(=O)(Nc1ncnc3c1ncn3[C@H]1CC[C@@H](COP3(=O)OCc4cccc(C)c4O3)O1)OC2. The van der Waals surface area contributed by atoms with E-state index in [-0.39, 0.29) is 31.7 Å². The van der Waals surface area contributed by atoms with Crippen LogP contribution in [0.15, 0.2) is 49.1 Å². The van der Waals surface area contributed by atoms with Crippen LogP contribution in [0, 0.1) is 13.8 Å². The minimum absolute atomic E-state index is 0.0299. The van der Waals surface area contributed by atoms with Crippen molar-refractivity contribution < 1.29 is 36.5 Å². The number of phosphoric ester groups is 1. The summed E-state index contributed by atoms with van der Waals surface area (Å²) in [5.41, 5.74) is 4.23. The highest BCUT2D eigenvalue weighted by atomic mass is 31.2. The van der Waals surface area contributed by atoms with Gasteiger partial charge in [-0.15, -0.1) is 0 Å². The maximum absolute atomic E-state index is 13.4. The Kier molecular flexibility index (Phi) is 6.61. The Morgan fingerprint density at radius 2 is 1.68 bits per heavy atom. The number of ether oxygens (including phenoxy) is 1. The number of phosphoric acid groups is 1. The molecule has 0 aliphatic carbocycles. The Morgan fingerprint density at radius 3 is 2.46 bits per heavy atom. The molecule has 3 aliphatic heterocycles. The minimum Gasteiger partial charge on any atom is -0.408 e. The number of aromatic nitrogens is 4. The second-order valence-corrected chi connectivity index (χ2v) is 13.3. The van der Waals surface area contributed by atoms with Crippen molar-refractivity contribution in [2.24, 2.45) is 0 Å². The topological polar surface area (TPSA) is 145 Å². The zero-order valence-electron chi connectivity index (χ0n) is 22.3. The van der Waals surface area contributed by atoms with Crippen molar-refractivity contribution in [2.45, 2.75) is 52.2 Å². The van der Waals surface area contributed by atoms with E-state index in [1.165, 1.54) is 6.33 Å². The third-order valence-corrected chi connectivity index (χ3v) is 9.88. The Hall–Kier alpha value is -3.31. The molecule has 5 heterocycles. The highest BCUT2D eigenvalue weighted by molar-refractivity contribution is 7.56. The van der Waals surface area contributed by atoms with Crippen LogP contribution in [0.1, 0.15) is 41.3 Å². The summed E-state index contributed by atoms with van der Waals surface area (Å²) in [7, 11) is -7.54. The van der Waals surface area contributed by atoms with Crippen LogP contribution < -0.4 is 14.1 Å². The number of nitrogens with one attached hydrogen (secondary N) is 1. The first-order valence-electron chi connectivity index (χ1n) is 13.1. The van der Waals surface area contributed by atoms with Crippen molar-refractivity contribution in [3.8, 4) is 11.5 Å². The molecule has 0 amide bonds. The maximum Gasteiger partial charge on any atom is 0.530 e. The summed E-state index contributed by atoms with van der Waals surface area (Å²) in [6.07, 6.45) is 3.47. The normalized spacial score (nSPS) is 27.1. The van der Waals surface area contributed by atoms with E-state index < -0.39 is 21.8 Å². The van der Waals surface area contributed by atoms with Gasteiger partial charge in [0.2, 0.25) is 0 Å². The molecule has 1 saturated heterocycles. The van der Waals surface area contributed by atoms with Gasteiger partial charge in [0.15, 0.2) is 17.0 Å². The molecule has 0 spiro atoms. The molecule has 2 unspecified atom stereocenters. The number of para-hydroxylation sites is 2. The molecular formula is C26H27N5O8P2. The van der Waals surface area contributed by atoms with Crippen LogP contribution >= 0.6 is 15.6 Å². The van der Waals surface area contributed by atoms with Crippen molar-refractivity contribution in [2.75, 3.05) is 11.7 Å². The van der Waals surface area contributed by atoms with Gasteiger partial charge in [-0.1, -0.05) is 36.4 Å². The summed E-state index contributed by atoms with van der Waals surface area (Å²) >= 11 is 0. The van der Waals surface area contributed by atoms with Gasteiger partial charge in [-0.2, -0.15) is 0 Å². The largest absolute Gasteiger partial charge is 0.530 e. The average Bonchev–Trinajstić information content (AvgIpc) is 3.61. The van der Waals surface area contributed by atoms with E-state index in [1.54, 1.807) is 10.9 Å². The predicted molar refractivity (Wildman–Crippen MR) is 146 cm³/mol. The minimum atomic E-state index is -3.78. The first-order chi connectivity index (χ1) is 19.8. The monoisotopic (exact) mass is 599 g/mol. The molecule has 7 rings (SSSR count). The quantitative estimate of drug-likeness (QED) is 0.260. The smallest absolute Gasteiger partial charge is 0.408 e. The maximum atomic E-state index is 13.4. The molecule has 4 aromatic rings. The van der Waals surface area contributed by atoms with Gasteiger partial charge in [-0.25, -0.2) is 24.1 Å². The average molecular weight is 599 g/mol. The zero-order valence-corrected chi connectivity index (χ0v) is 24.0. The number of nitrogens with zero attached hydrogens (tertiary/aromatic N) is 4. The van der Waals surface area contributed by atoms with Crippen molar-refractivity contribution >= 4 is 32.6 Å². The van der Waals surface area contributed by atoms with Gasteiger partial charge in [0.25, 0.3) is 0 Å². The molecule has 2 aromatic heterocycles. The Balaban J connectivity index is 1.03. The number of imidazole rings is 1. The lowest BCUT2D eigenvalue weighted by molar-refractivity contribution is -0.0227. The molecule has 1 fully saturated rings. The second-order valence-electron chi connectivity index (χ2n) is 10.0. The fraction of sp³-hybridized carbons (Fsp3) is 0.346. The molecule has 0 bridgehead atoms. The van der Waals surface area contributed by atoms with Crippen LogP contribution in [0.2, 0.25) is 0 Å². The lowest BCUT2D eigenvalue weighted by atomic mass is 10.1. The van der Waals surface area contributed by atoms with Crippen molar-refractivity contribution in [1.29, 1.82) is 0 Å². The Labute approximate surface area is 235 Å². The van der Waals surface area contributed by atoms with Crippen LogP contribution in [-0.2, 0) is 40.7 Å². The lowest BCUT2D eigenvalue weighted by Crippen LogP contribution is -2.19. The summed E-state index contributed by atoms with van der Waals surface area (Å²) in [4.78, 5) is 13.1. The fourth-order valence-corrected chi connectivity index (χ4v) is 7.79. The summed E-state index contributed by atoms with van der Waals surface area (Å²) in [5, 5.41) is 2.82. The molecule has 214 valence electrons. The standard InChI is InChI=1S/C26H27N5O8P2/c1-16-5-3-7-18-11-34-40(32,38-23(16)18)30-25-22-26(28-14-27-25)31(15-29-22)21-10-9-20(37-21)13-36-41(33)35-12-19-8-4-6-17(2)24(19)39-41/h3-8,14-15,20-21H,9-13H2,1-2H3,(H,27,28,30,32)/t20-,21+,40?,41?/m0/s1. The Bertz CT molecular complexity index is 1750. The van der Waals surface area contributed by atoms with Gasteiger partial charge in [-0.3, -0.25) is 23.2 Å². The third-order valence-electron chi connectivity index (χ3n) is 7.19. The lowest BCUT2D eigenvalue weighted by Gasteiger charge is -2.27. The summed E-state index contributed by atoms with van der Waals surface area (Å²) in [6.45, 7) is 4.08. The van der Waals surface area contributed by atoms with Crippen molar-refractivity contribution in [3.05, 3.63) is 71.3 Å². The number of hydrogen-bond donors (Lipinski definition) is 1. The van der Waals surface area contributed by atoms with E-state index in [1.807, 2.05) is 50.2 Å². The molecule has 0 saturated carbocycles. The van der Waals surface area contributed by atoms with E-state index in [9.17, 15) is 9.13 Å². The zero-order chi connectivity index (χ0) is 28.2. The number of fused-ring (bicyclic) bond motifs is 3. The Morgan fingerprint density at radius 1 is 0.951 bits per heavy atom. The van der Waals surface area contributed by atoms with Gasteiger partial charge in [0.05, 0.1) is 32.3 Å². The van der Waals surface area contributed by atoms with Gasteiger partial charge in [0.1, 0.15) is 24.1 Å². The van der Waals surface area contributed by atoms with Gasteiger partial charge in [-0.05, 0) is 37.8 Å². The van der Waals surface area contributed by atoms with E-state index in [0.29, 0.717) is 35.5 Å². The second kappa shape index (κ2) is 10.2. The van der Waals surface area contributed by atoms with Gasteiger partial charge >= 0.3 is 15.6 Å². The molecule has 0 radical (unpaired) electrons. The fourth-order valence-electron chi connectivity index (χ4n) is 5.08.